The summed E-state index contributed by atoms with van der Waals surface area (Å²) in [6.07, 6.45) is 1.21. The van der Waals surface area contributed by atoms with Gasteiger partial charge in [-0.3, -0.25) is 9.59 Å². The minimum Gasteiger partial charge on any atom is -0.460 e. The van der Waals surface area contributed by atoms with Crippen molar-refractivity contribution >= 4 is 16.7 Å². The molecule has 2 aliphatic rings. The molecule has 3 aromatic rings. The maximum atomic E-state index is 13.0. The summed E-state index contributed by atoms with van der Waals surface area (Å²) in [5, 5.41) is 0.866. The van der Waals surface area contributed by atoms with Gasteiger partial charge in [-0.2, -0.15) is 0 Å². The highest BCUT2D eigenvalue weighted by molar-refractivity contribution is 6.00. The van der Waals surface area contributed by atoms with Gasteiger partial charge in [0.2, 0.25) is 0 Å². The number of carbonyl (C=O) groups is 1. The number of benzene rings is 2. The molecule has 0 fully saturated rings. The number of allylic oxidation sites excluding steroid dienone is 2. The quantitative estimate of drug-likeness (QED) is 0.706. The third kappa shape index (κ3) is 2.44. The lowest BCUT2D eigenvalue weighted by atomic mass is 9.75. The van der Waals surface area contributed by atoms with Gasteiger partial charge in [-0.1, -0.05) is 49.4 Å². The fraction of sp³-hybridized carbons (Fsp3) is 0.217. The molecule has 0 saturated carbocycles. The second kappa shape index (κ2) is 5.95. The maximum Gasteiger partial charge on any atom is 0.256 e. The standard InChI is InChI=1S/C23H19NO3/c1-13-11-17(25)20-18(12-13)27-22-15-9-5-6-10-16(15)24-23(26)21(22)19(20)14-7-3-2-4-8-14/h2-10,13,19H,11-12H2,1H3,(H,24,26)/t13-,19-/m1/s1. The van der Waals surface area contributed by atoms with Gasteiger partial charge in [-0.15, -0.1) is 0 Å². The van der Waals surface area contributed by atoms with Crippen LogP contribution in [0.3, 0.4) is 0 Å². The Morgan fingerprint density at radius 1 is 0.963 bits per heavy atom. The van der Waals surface area contributed by atoms with Crippen molar-refractivity contribution in [3.8, 4) is 5.75 Å². The molecule has 0 bridgehead atoms. The van der Waals surface area contributed by atoms with Crippen LogP contribution in [0.2, 0.25) is 0 Å². The Morgan fingerprint density at radius 2 is 1.70 bits per heavy atom. The molecule has 2 heterocycles. The summed E-state index contributed by atoms with van der Waals surface area (Å²) in [6, 6.07) is 17.4. The third-order valence-electron chi connectivity index (χ3n) is 5.51. The van der Waals surface area contributed by atoms with Gasteiger partial charge in [0.25, 0.3) is 5.56 Å². The highest BCUT2D eigenvalue weighted by atomic mass is 16.5. The second-order valence-electron chi connectivity index (χ2n) is 7.46. The third-order valence-corrected chi connectivity index (χ3v) is 5.51. The lowest BCUT2D eigenvalue weighted by molar-refractivity contribution is -0.117. The number of ether oxygens (including phenoxy) is 1. The van der Waals surface area contributed by atoms with E-state index in [1.165, 1.54) is 0 Å². The molecule has 0 amide bonds. The summed E-state index contributed by atoms with van der Waals surface area (Å²) in [5.74, 6) is 1.23. The number of para-hydroxylation sites is 1. The monoisotopic (exact) mass is 357 g/mol. The Hall–Kier alpha value is -3.14. The summed E-state index contributed by atoms with van der Waals surface area (Å²) < 4.78 is 6.26. The van der Waals surface area contributed by atoms with Gasteiger partial charge in [-0.05, 0) is 23.6 Å². The molecule has 4 nitrogen and oxygen atoms in total. The molecule has 134 valence electrons. The maximum absolute atomic E-state index is 13.0. The summed E-state index contributed by atoms with van der Waals surface area (Å²) in [6.45, 7) is 2.06. The van der Waals surface area contributed by atoms with Crippen LogP contribution < -0.4 is 10.3 Å². The van der Waals surface area contributed by atoms with Gasteiger partial charge in [0, 0.05) is 23.8 Å². The SMILES string of the molecule is C[C@@H]1CC(=O)C2=C(C1)Oc1c(c(=O)[nH]c3ccccc13)[C@@H]2c1ccccc1. The lowest BCUT2D eigenvalue weighted by Crippen LogP contribution is -2.32. The van der Waals surface area contributed by atoms with E-state index in [9.17, 15) is 9.59 Å². The van der Waals surface area contributed by atoms with Gasteiger partial charge in [0.15, 0.2) is 5.78 Å². The van der Waals surface area contributed by atoms with E-state index >= 15 is 0 Å². The summed E-state index contributed by atoms with van der Waals surface area (Å²) >= 11 is 0. The Balaban J connectivity index is 1.86. The minimum atomic E-state index is -0.390. The molecule has 0 spiro atoms. The van der Waals surface area contributed by atoms with Crippen molar-refractivity contribution in [2.75, 3.05) is 0 Å². The minimum absolute atomic E-state index is 0.0795. The zero-order valence-electron chi connectivity index (χ0n) is 15.0. The Labute approximate surface area is 156 Å². The van der Waals surface area contributed by atoms with Crippen molar-refractivity contribution in [3.63, 3.8) is 0 Å². The van der Waals surface area contributed by atoms with Crippen LogP contribution in [-0.4, -0.2) is 10.8 Å². The summed E-state index contributed by atoms with van der Waals surface area (Å²) in [4.78, 5) is 29.0. The second-order valence-corrected chi connectivity index (χ2v) is 7.46. The molecule has 0 saturated heterocycles. The average molecular weight is 357 g/mol. The van der Waals surface area contributed by atoms with E-state index < -0.39 is 5.92 Å². The number of fused-ring (bicyclic) bond motifs is 3. The van der Waals surface area contributed by atoms with Crippen molar-refractivity contribution < 1.29 is 9.53 Å². The molecule has 5 rings (SSSR count). The predicted octanol–water partition coefficient (Wildman–Crippen LogP) is 4.31. The van der Waals surface area contributed by atoms with Crippen LogP contribution in [0.25, 0.3) is 10.9 Å². The molecular weight excluding hydrogens is 338 g/mol. The van der Waals surface area contributed by atoms with Crippen LogP contribution in [0.1, 0.15) is 36.8 Å². The van der Waals surface area contributed by atoms with E-state index in [-0.39, 0.29) is 17.3 Å². The molecule has 2 aromatic carbocycles. The van der Waals surface area contributed by atoms with Crippen molar-refractivity contribution in [1.82, 2.24) is 4.98 Å². The number of pyridine rings is 1. The fourth-order valence-corrected chi connectivity index (χ4v) is 4.35. The molecule has 2 atom stereocenters. The van der Waals surface area contributed by atoms with Gasteiger partial charge < -0.3 is 9.72 Å². The van der Waals surface area contributed by atoms with E-state index in [4.69, 9.17) is 4.74 Å². The number of aromatic nitrogens is 1. The molecule has 0 radical (unpaired) electrons. The first-order chi connectivity index (χ1) is 13.1. The fourth-order valence-electron chi connectivity index (χ4n) is 4.35. The zero-order chi connectivity index (χ0) is 18.5. The molecule has 1 aliphatic heterocycles. The van der Waals surface area contributed by atoms with Gasteiger partial charge >= 0.3 is 0 Å². The molecule has 1 aromatic heterocycles. The van der Waals surface area contributed by atoms with Crippen LogP contribution in [-0.2, 0) is 4.79 Å². The van der Waals surface area contributed by atoms with E-state index in [0.717, 1.165) is 22.2 Å². The van der Waals surface area contributed by atoms with E-state index in [1.807, 2.05) is 54.6 Å². The van der Waals surface area contributed by atoms with Crippen molar-refractivity contribution in [2.45, 2.75) is 25.7 Å². The zero-order valence-corrected chi connectivity index (χ0v) is 15.0. The highest BCUT2D eigenvalue weighted by Gasteiger charge is 2.40. The molecule has 1 N–H and O–H groups in total. The first-order valence-electron chi connectivity index (χ1n) is 9.27. The molecular formula is C23H19NO3. The topological polar surface area (TPSA) is 59.2 Å². The molecule has 1 aliphatic carbocycles. The number of hydrogen-bond acceptors (Lipinski definition) is 3. The molecule has 27 heavy (non-hydrogen) atoms. The van der Waals surface area contributed by atoms with Crippen LogP contribution in [0, 0.1) is 5.92 Å². The van der Waals surface area contributed by atoms with Crippen LogP contribution in [0.5, 0.6) is 5.75 Å². The highest BCUT2D eigenvalue weighted by Crippen LogP contribution is 2.47. The number of hydrogen-bond donors (Lipinski definition) is 1. The number of rotatable bonds is 1. The lowest BCUT2D eigenvalue weighted by Gasteiger charge is -2.34. The summed E-state index contributed by atoms with van der Waals surface area (Å²) in [5.41, 5.74) is 2.66. The predicted molar refractivity (Wildman–Crippen MR) is 104 cm³/mol. The Morgan fingerprint density at radius 3 is 2.52 bits per heavy atom. The normalized spacial score (nSPS) is 21.6. The molecule has 0 unspecified atom stereocenters. The number of nitrogens with one attached hydrogen (secondary N) is 1. The number of Topliss-reactive ketones (excluding diaryl/α,β-unsaturated/α-hetero) is 1. The molecule has 4 heteroatoms. The largest absolute Gasteiger partial charge is 0.460 e. The first-order valence-corrected chi connectivity index (χ1v) is 9.27. The van der Waals surface area contributed by atoms with E-state index in [1.54, 1.807) is 0 Å². The Bertz CT molecular complexity index is 1160. The number of H-pyrrole nitrogens is 1. The summed E-state index contributed by atoms with van der Waals surface area (Å²) in [7, 11) is 0. The van der Waals surface area contributed by atoms with Crippen molar-refractivity contribution in [3.05, 3.63) is 87.4 Å². The van der Waals surface area contributed by atoms with Crippen molar-refractivity contribution in [2.24, 2.45) is 5.92 Å². The van der Waals surface area contributed by atoms with Gasteiger partial charge in [-0.25, -0.2) is 0 Å². The van der Waals surface area contributed by atoms with E-state index in [0.29, 0.717) is 29.7 Å². The van der Waals surface area contributed by atoms with Gasteiger partial charge in [0.1, 0.15) is 11.5 Å². The smallest absolute Gasteiger partial charge is 0.256 e. The Kier molecular flexibility index (Phi) is 3.54. The van der Waals surface area contributed by atoms with Crippen LogP contribution >= 0.6 is 0 Å². The first kappa shape index (κ1) is 16.1. The van der Waals surface area contributed by atoms with E-state index in [2.05, 4.69) is 11.9 Å². The van der Waals surface area contributed by atoms with Crippen LogP contribution in [0.15, 0.2) is 70.7 Å². The van der Waals surface area contributed by atoms with Crippen LogP contribution in [0.4, 0.5) is 0 Å². The number of ketones is 1. The number of carbonyl (C=O) groups excluding carboxylic acids is 1. The average Bonchev–Trinajstić information content (AvgIpc) is 2.67. The van der Waals surface area contributed by atoms with Gasteiger partial charge in [0.05, 0.1) is 17.0 Å². The number of aromatic amines is 1. The van der Waals surface area contributed by atoms with Crippen molar-refractivity contribution in [1.29, 1.82) is 0 Å².